The Morgan fingerprint density at radius 3 is 1.85 bits per heavy atom. The van der Waals surface area contributed by atoms with Crippen molar-refractivity contribution >= 4 is 21.8 Å². The molecule has 2 heterocycles. The first kappa shape index (κ1) is 10.5. The molecule has 0 bridgehead atoms. The van der Waals surface area contributed by atoms with Crippen LogP contribution in [-0.2, 0) is 5.41 Å². The molecule has 7 aromatic rings. The standard InChI is InChI=1S/C36H26N4/c1-36(2)29-19-11-9-17-25(29)27-22-32-28(21-30(27)36)26-18-10-12-20-31(26)40(32)35-38-33(23-13-5-3-6-14-23)37-34(39-35)24-15-7-4-8-16-24/h3-22H,1-2H3/i3D,4D,5D,6D,7D,8D,9D,10D,11D,12D,13D,14D,15D,16D,17D,18D,19D,20D,21D,22D. The van der Waals surface area contributed by atoms with Crippen LogP contribution in [0.3, 0.4) is 0 Å². The van der Waals surface area contributed by atoms with E-state index in [0.717, 1.165) is 4.57 Å². The number of rotatable bonds is 3. The molecular weight excluding hydrogens is 488 g/mol. The van der Waals surface area contributed by atoms with E-state index >= 15 is 0 Å². The molecule has 8 rings (SSSR count). The van der Waals surface area contributed by atoms with Gasteiger partial charge in [-0.1, -0.05) is 117 Å². The van der Waals surface area contributed by atoms with Crippen molar-refractivity contribution in [2.75, 3.05) is 0 Å². The summed E-state index contributed by atoms with van der Waals surface area (Å²) in [5, 5.41) is -0.552. The molecule has 0 aliphatic heterocycles. The Morgan fingerprint density at radius 1 is 0.550 bits per heavy atom. The molecule has 0 saturated carbocycles. The summed E-state index contributed by atoms with van der Waals surface area (Å²) < 4.78 is 175. The second-order valence-corrected chi connectivity index (χ2v) is 9.44. The summed E-state index contributed by atoms with van der Waals surface area (Å²) in [7, 11) is 0. The Hall–Kier alpha value is -5.09. The summed E-state index contributed by atoms with van der Waals surface area (Å²) in [6, 6.07) is -14.0. The summed E-state index contributed by atoms with van der Waals surface area (Å²) in [6.45, 7) is 3.20. The molecule has 5 aromatic carbocycles. The van der Waals surface area contributed by atoms with E-state index in [-0.39, 0.29) is 38.5 Å². The van der Waals surface area contributed by atoms with E-state index in [2.05, 4.69) is 15.0 Å². The number of hydrogen-bond donors (Lipinski definition) is 0. The lowest BCUT2D eigenvalue weighted by Crippen LogP contribution is -2.14. The third-order valence-electron chi connectivity index (χ3n) is 6.80. The minimum absolute atomic E-state index is 0.0590. The molecule has 0 fully saturated rings. The number of hydrogen-bond acceptors (Lipinski definition) is 3. The molecule has 0 radical (unpaired) electrons. The van der Waals surface area contributed by atoms with Gasteiger partial charge in [0.1, 0.15) is 0 Å². The number of benzene rings is 5. The molecule has 0 saturated heterocycles. The van der Waals surface area contributed by atoms with Gasteiger partial charge in [0, 0.05) is 27.3 Å². The second kappa shape index (κ2) is 8.45. The highest BCUT2D eigenvalue weighted by atomic mass is 15.2. The molecule has 0 amide bonds. The summed E-state index contributed by atoms with van der Waals surface area (Å²) in [5.74, 6) is -2.10. The summed E-state index contributed by atoms with van der Waals surface area (Å²) in [5.41, 5.74) is -3.50. The fourth-order valence-corrected chi connectivity index (χ4v) is 4.97. The molecule has 1 aliphatic rings. The van der Waals surface area contributed by atoms with E-state index in [1.54, 1.807) is 13.8 Å². The van der Waals surface area contributed by atoms with Crippen LogP contribution in [0.25, 0.3) is 61.7 Å². The quantitative estimate of drug-likeness (QED) is 0.228. The maximum Gasteiger partial charge on any atom is 0.238 e. The van der Waals surface area contributed by atoms with Crippen LogP contribution < -0.4 is 0 Å². The predicted octanol–water partition coefficient (Wildman–Crippen LogP) is 8.61. The van der Waals surface area contributed by atoms with Gasteiger partial charge in [0.05, 0.1) is 38.4 Å². The minimum Gasteiger partial charge on any atom is -0.278 e. The maximum atomic E-state index is 9.81. The van der Waals surface area contributed by atoms with Crippen molar-refractivity contribution < 1.29 is 27.4 Å². The van der Waals surface area contributed by atoms with E-state index < -0.39 is 161 Å². The van der Waals surface area contributed by atoms with Gasteiger partial charge in [0.15, 0.2) is 11.6 Å². The average Bonchev–Trinajstić information content (AvgIpc) is 3.70. The van der Waals surface area contributed by atoms with Crippen LogP contribution >= 0.6 is 0 Å². The van der Waals surface area contributed by atoms with Gasteiger partial charge in [0.25, 0.3) is 0 Å². The van der Waals surface area contributed by atoms with Crippen molar-refractivity contribution in [3.63, 3.8) is 0 Å². The molecule has 0 atom stereocenters. The van der Waals surface area contributed by atoms with Gasteiger partial charge >= 0.3 is 0 Å². The second-order valence-electron chi connectivity index (χ2n) is 9.44. The fourth-order valence-electron chi connectivity index (χ4n) is 4.97. The van der Waals surface area contributed by atoms with Crippen LogP contribution in [0.1, 0.15) is 52.4 Å². The van der Waals surface area contributed by atoms with Gasteiger partial charge in [-0.05, 0) is 40.4 Å². The van der Waals surface area contributed by atoms with Gasteiger partial charge < -0.3 is 0 Å². The number of para-hydroxylation sites is 1. The number of fused-ring (bicyclic) bond motifs is 6. The Balaban J connectivity index is 1.66. The van der Waals surface area contributed by atoms with Crippen LogP contribution in [0.2, 0.25) is 0 Å². The first-order chi connectivity index (χ1) is 27.9. The van der Waals surface area contributed by atoms with Gasteiger partial charge in [-0.3, -0.25) is 4.57 Å². The van der Waals surface area contributed by atoms with Gasteiger partial charge in [-0.15, -0.1) is 0 Å². The summed E-state index contributed by atoms with van der Waals surface area (Å²) in [6.07, 6.45) is 0. The van der Waals surface area contributed by atoms with Crippen LogP contribution in [0.5, 0.6) is 0 Å². The lowest BCUT2D eigenvalue weighted by Gasteiger charge is -2.21. The molecule has 1 aliphatic carbocycles. The zero-order valence-corrected chi connectivity index (χ0v) is 20.8. The van der Waals surface area contributed by atoms with Crippen molar-refractivity contribution in [2.24, 2.45) is 0 Å². The topological polar surface area (TPSA) is 43.6 Å². The zero-order chi connectivity index (χ0) is 44.3. The highest BCUT2D eigenvalue weighted by Crippen LogP contribution is 2.50. The molecule has 2 aromatic heterocycles. The van der Waals surface area contributed by atoms with Gasteiger partial charge in [0.2, 0.25) is 5.95 Å². The fraction of sp³-hybridized carbons (Fsp3) is 0.0833. The minimum atomic E-state index is -1.36. The van der Waals surface area contributed by atoms with Crippen molar-refractivity contribution in [1.29, 1.82) is 0 Å². The zero-order valence-electron chi connectivity index (χ0n) is 40.8. The normalized spacial score (nSPS) is 20.4. The highest BCUT2D eigenvalue weighted by molar-refractivity contribution is 6.11. The molecule has 0 spiro atoms. The van der Waals surface area contributed by atoms with Crippen molar-refractivity contribution in [3.8, 4) is 39.9 Å². The van der Waals surface area contributed by atoms with Crippen LogP contribution in [0.4, 0.5) is 0 Å². The Morgan fingerprint density at radius 2 is 1.15 bits per heavy atom. The van der Waals surface area contributed by atoms with Crippen LogP contribution in [-0.4, -0.2) is 19.5 Å². The lowest BCUT2D eigenvalue weighted by molar-refractivity contribution is 0.661. The largest absolute Gasteiger partial charge is 0.278 e. The van der Waals surface area contributed by atoms with E-state index in [1.807, 2.05) is 0 Å². The predicted molar refractivity (Wildman–Crippen MR) is 163 cm³/mol. The Kier molecular flexibility index (Phi) is 2.21. The number of aromatic nitrogens is 4. The third kappa shape index (κ3) is 3.29. The van der Waals surface area contributed by atoms with Crippen molar-refractivity contribution in [2.45, 2.75) is 19.3 Å². The monoisotopic (exact) mass is 534 g/mol. The first-order valence-corrected chi connectivity index (χ1v) is 12.0. The first-order valence-electron chi connectivity index (χ1n) is 22.0. The Bertz CT molecular complexity index is 3050. The SMILES string of the molecule is [2H]c1c([2H])c([2H])c(-c2nc(-c3c([2H])c([2H])c([2H])c([2H])c3[2H])nc(-n3c4c([2H])c([2H])c([2H])c([2H])c4c4c([2H])c5c(c([2H])c43)-c3c([2H])c([2H])c([2H])c([2H])c3C5(C)C)n2)c([2H])c1[2H]. The van der Waals surface area contributed by atoms with E-state index in [9.17, 15) is 2.74 Å². The van der Waals surface area contributed by atoms with Crippen molar-refractivity contribution in [3.05, 3.63) is 132 Å². The molecule has 190 valence electrons. The van der Waals surface area contributed by atoms with E-state index in [0.29, 0.717) is 0 Å². The van der Waals surface area contributed by atoms with Gasteiger partial charge in [-0.25, -0.2) is 4.98 Å². The maximum absolute atomic E-state index is 9.81. The number of nitrogens with zero attached hydrogens (tertiary/aromatic N) is 4. The third-order valence-corrected chi connectivity index (χ3v) is 6.80. The highest BCUT2D eigenvalue weighted by Gasteiger charge is 2.36. The Labute approximate surface area is 260 Å². The summed E-state index contributed by atoms with van der Waals surface area (Å²) in [4.78, 5) is 13.2. The summed E-state index contributed by atoms with van der Waals surface area (Å²) >= 11 is 0. The molecule has 0 unspecified atom stereocenters. The lowest BCUT2D eigenvalue weighted by atomic mass is 9.82. The molecule has 4 heteroatoms. The van der Waals surface area contributed by atoms with E-state index in [1.165, 1.54) is 0 Å². The van der Waals surface area contributed by atoms with E-state index in [4.69, 9.17) is 24.7 Å². The van der Waals surface area contributed by atoms with Crippen molar-refractivity contribution in [1.82, 2.24) is 19.5 Å². The van der Waals surface area contributed by atoms with Crippen LogP contribution in [0.15, 0.2) is 121 Å². The molecule has 40 heavy (non-hydrogen) atoms. The molecule has 4 nitrogen and oxygen atoms in total. The molecule has 0 N–H and O–H groups in total. The van der Waals surface area contributed by atoms with Crippen LogP contribution in [0, 0.1) is 0 Å². The smallest absolute Gasteiger partial charge is 0.238 e. The average molecular weight is 535 g/mol. The van der Waals surface area contributed by atoms with Gasteiger partial charge in [-0.2, -0.15) is 9.97 Å². The molecular formula is C36H26N4.